The van der Waals surface area contributed by atoms with Crippen LogP contribution in [0.15, 0.2) is 36.5 Å². The van der Waals surface area contributed by atoms with Gasteiger partial charge in [-0.15, -0.1) is 11.5 Å². The van der Waals surface area contributed by atoms with Crippen molar-refractivity contribution in [3.63, 3.8) is 0 Å². The van der Waals surface area contributed by atoms with Gasteiger partial charge in [-0.05, 0) is 18.1 Å². The average Bonchev–Trinajstić information content (AvgIpc) is 2.67. The molecule has 0 amide bonds. The van der Waals surface area contributed by atoms with Crippen molar-refractivity contribution < 1.29 is 0 Å². The Morgan fingerprint density at radius 1 is 1.23 bits per heavy atom. The summed E-state index contributed by atoms with van der Waals surface area (Å²) in [5, 5.41) is 7.62. The maximum absolute atomic E-state index is 5.28. The molecule has 0 unspecified atom stereocenters. The highest BCUT2D eigenvalue weighted by Gasteiger charge is 2.01. The van der Waals surface area contributed by atoms with E-state index in [1.807, 2.05) is 30.3 Å². The highest BCUT2D eigenvalue weighted by molar-refractivity contribution is 5.35. The summed E-state index contributed by atoms with van der Waals surface area (Å²) < 4.78 is 1.62. The van der Waals surface area contributed by atoms with Crippen LogP contribution in [0.4, 0.5) is 0 Å². The highest BCUT2D eigenvalue weighted by atomic mass is 15.4. The molecule has 0 bridgehead atoms. The smallest absolute Gasteiger partial charge is 0.137 e. The van der Waals surface area contributed by atoms with Crippen LogP contribution >= 0.6 is 0 Å². The summed E-state index contributed by atoms with van der Waals surface area (Å²) in [4.78, 5) is 0. The first-order valence-electron chi connectivity index (χ1n) is 3.84. The number of benzene rings is 1. The van der Waals surface area contributed by atoms with E-state index in [-0.39, 0.29) is 0 Å². The summed E-state index contributed by atoms with van der Waals surface area (Å²) in [6.45, 7) is 0. The standard InChI is InChI=1S/C10H7N3/c1-2-9-8-11-12-13(9)10-6-4-3-5-7-10/h1,3-8H. The molecule has 2 rings (SSSR count). The lowest BCUT2D eigenvalue weighted by Gasteiger charge is -1.99. The largest absolute Gasteiger partial charge is 0.205 e. The summed E-state index contributed by atoms with van der Waals surface area (Å²) >= 11 is 0. The van der Waals surface area contributed by atoms with E-state index in [4.69, 9.17) is 6.42 Å². The zero-order chi connectivity index (χ0) is 9.10. The Balaban J connectivity index is 2.54. The molecule has 1 aromatic heterocycles. The van der Waals surface area contributed by atoms with Crippen molar-refractivity contribution in [3.8, 4) is 18.0 Å². The van der Waals surface area contributed by atoms with Gasteiger partial charge in [-0.3, -0.25) is 0 Å². The van der Waals surface area contributed by atoms with Gasteiger partial charge in [0.2, 0.25) is 0 Å². The van der Waals surface area contributed by atoms with Crippen LogP contribution in [0.2, 0.25) is 0 Å². The van der Waals surface area contributed by atoms with Crippen molar-refractivity contribution in [3.05, 3.63) is 42.2 Å². The molecule has 3 nitrogen and oxygen atoms in total. The fourth-order valence-corrected chi connectivity index (χ4v) is 1.09. The van der Waals surface area contributed by atoms with Gasteiger partial charge in [-0.25, -0.2) is 4.68 Å². The van der Waals surface area contributed by atoms with Crippen LogP contribution < -0.4 is 0 Å². The van der Waals surface area contributed by atoms with Gasteiger partial charge in [0.15, 0.2) is 0 Å². The number of hydrogen-bond donors (Lipinski definition) is 0. The van der Waals surface area contributed by atoms with Gasteiger partial charge < -0.3 is 0 Å². The third kappa shape index (κ3) is 1.30. The van der Waals surface area contributed by atoms with Gasteiger partial charge in [0.05, 0.1) is 11.9 Å². The molecule has 0 saturated carbocycles. The summed E-state index contributed by atoms with van der Waals surface area (Å²) in [6, 6.07) is 9.65. The minimum Gasteiger partial charge on any atom is -0.205 e. The van der Waals surface area contributed by atoms with Gasteiger partial charge in [0.25, 0.3) is 0 Å². The second-order valence-electron chi connectivity index (χ2n) is 2.51. The predicted octanol–water partition coefficient (Wildman–Crippen LogP) is 1.25. The first kappa shape index (κ1) is 7.56. The van der Waals surface area contributed by atoms with Gasteiger partial charge in [-0.2, -0.15) is 0 Å². The van der Waals surface area contributed by atoms with Crippen molar-refractivity contribution in [1.82, 2.24) is 15.0 Å². The lowest BCUT2D eigenvalue weighted by molar-refractivity contribution is 0.797. The number of terminal acetylenes is 1. The zero-order valence-corrected chi connectivity index (χ0v) is 6.88. The fraction of sp³-hybridized carbons (Fsp3) is 0. The van der Waals surface area contributed by atoms with Crippen LogP contribution in [0.3, 0.4) is 0 Å². The average molecular weight is 169 g/mol. The van der Waals surface area contributed by atoms with E-state index >= 15 is 0 Å². The second-order valence-corrected chi connectivity index (χ2v) is 2.51. The molecular weight excluding hydrogens is 162 g/mol. The molecule has 1 aromatic carbocycles. The molecule has 0 aliphatic rings. The molecule has 0 N–H and O–H groups in total. The van der Waals surface area contributed by atoms with E-state index in [0.717, 1.165) is 5.69 Å². The topological polar surface area (TPSA) is 30.7 Å². The summed E-state index contributed by atoms with van der Waals surface area (Å²) in [7, 11) is 0. The van der Waals surface area contributed by atoms with Crippen molar-refractivity contribution in [2.24, 2.45) is 0 Å². The SMILES string of the molecule is C#Cc1cnnn1-c1ccccc1. The third-order valence-electron chi connectivity index (χ3n) is 1.70. The Morgan fingerprint density at radius 3 is 2.69 bits per heavy atom. The molecule has 1 heterocycles. The van der Waals surface area contributed by atoms with Crippen molar-refractivity contribution in [2.45, 2.75) is 0 Å². The molecule has 2 aromatic rings. The maximum atomic E-state index is 5.28. The van der Waals surface area contributed by atoms with Crippen LogP contribution in [0.1, 0.15) is 5.69 Å². The normalized spacial score (nSPS) is 9.46. The summed E-state index contributed by atoms with van der Waals surface area (Å²) in [5.74, 6) is 2.51. The molecule has 0 aliphatic carbocycles. The Kier molecular flexibility index (Phi) is 1.81. The third-order valence-corrected chi connectivity index (χ3v) is 1.70. The molecule has 0 saturated heterocycles. The van der Waals surface area contributed by atoms with E-state index in [1.54, 1.807) is 10.9 Å². The van der Waals surface area contributed by atoms with E-state index in [9.17, 15) is 0 Å². The van der Waals surface area contributed by atoms with E-state index in [1.165, 1.54) is 0 Å². The highest BCUT2D eigenvalue weighted by Crippen LogP contribution is 2.06. The molecule has 0 aliphatic heterocycles. The van der Waals surface area contributed by atoms with Gasteiger partial charge >= 0.3 is 0 Å². The Hall–Kier alpha value is -2.08. The molecule has 0 atom stereocenters. The van der Waals surface area contributed by atoms with Crippen molar-refractivity contribution >= 4 is 0 Å². The van der Waals surface area contributed by atoms with Crippen LogP contribution in [-0.2, 0) is 0 Å². The number of rotatable bonds is 1. The van der Waals surface area contributed by atoms with Crippen molar-refractivity contribution in [2.75, 3.05) is 0 Å². The van der Waals surface area contributed by atoms with Gasteiger partial charge in [0.1, 0.15) is 5.69 Å². The molecule has 13 heavy (non-hydrogen) atoms. The minimum absolute atomic E-state index is 0.659. The Bertz CT molecular complexity index is 437. The molecule has 3 heteroatoms. The van der Waals surface area contributed by atoms with Gasteiger partial charge in [-0.1, -0.05) is 23.4 Å². The Labute approximate surface area is 76.0 Å². The van der Waals surface area contributed by atoms with E-state index in [0.29, 0.717) is 5.69 Å². The number of para-hydroxylation sites is 1. The monoisotopic (exact) mass is 169 g/mol. The van der Waals surface area contributed by atoms with Gasteiger partial charge in [0, 0.05) is 0 Å². The quantitative estimate of drug-likeness (QED) is 0.601. The molecule has 0 spiro atoms. The van der Waals surface area contributed by atoms with Crippen LogP contribution in [-0.4, -0.2) is 15.0 Å². The fourth-order valence-electron chi connectivity index (χ4n) is 1.09. The summed E-state index contributed by atoms with van der Waals surface area (Å²) in [6.07, 6.45) is 6.84. The lowest BCUT2D eigenvalue weighted by Crippen LogP contribution is -1.98. The molecule has 0 radical (unpaired) electrons. The molecular formula is C10H7N3. The zero-order valence-electron chi connectivity index (χ0n) is 6.88. The maximum Gasteiger partial charge on any atom is 0.137 e. The van der Waals surface area contributed by atoms with Crippen LogP contribution in [0.5, 0.6) is 0 Å². The molecule has 62 valence electrons. The Morgan fingerprint density at radius 2 is 2.00 bits per heavy atom. The first-order valence-corrected chi connectivity index (χ1v) is 3.84. The lowest BCUT2D eigenvalue weighted by atomic mass is 10.3. The van der Waals surface area contributed by atoms with Crippen LogP contribution in [0, 0.1) is 12.3 Å². The number of aromatic nitrogens is 3. The molecule has 0 fully saturated rings. The van der Waals surface area contributed by atoms with Crippen LogP contribution in [0.25, 0.3) is 5.69 Å². The first-order chi connectivity index (χ1) is 6.42. The van der Waals surface area contributed by atoms with E-state index < -0.39 is 0 Å². The predicted molar refractivity (Wildman–Crippen MR) is 49.3 cm³/mol. The minimum atomic E-state index is 0.659. The second kappa shape index (κ2) is 3.11. The van der Waals surface area contributed by atoms with E-state index in [2.05, 4.69) is 16.2 Å². The van der Waals surface area contributed by atoms with Crippen molar-refractivity contribution in [1.29, 1.82) is 0 Å². The number of hydrogen-bond acceptors (Lipinski definition) is 2. The number of nitrogens with zero attached hydrogens (tertiary/aromatic N) is 3. The summed E-state index contributed by atoms with van der Waals surface area (Å²) in [5.41, 5.74) is 1.58.